The van der Waals surface area contributed by atoms with Crippen LogP contribution in [0.1, 0.15) is 129 Å². The van der Waals surface area contributed by atoms with Crippen LogP contribution >= 0.6 is 23.2 Å². The Morgan fingerprint density at radius 2 is 1.33 bits per heavy atom. The molecule has 1 aromatic heterocycles. The molecule has 8 nitrogen and oxygen atoms in total. The van der Waals surface area contributed by atoms with Crippen LogP contribution in [0, 0.1) is 0 Å². The zero-order valence-electron chi connectivity index (χ0n) is 33.9. The van der Waals surface area contributed by atoms with E-state index in [4.69, 9.17) is 37.4 Å². The molecule has 1 saturated heterocycles. The molecule has 1 fully saturated rings. The highest BCUT2D eigenvalue weighted by atomic mass is 35.5. The third kappa shape index (κ3) is 17.0. The lowest BCUT2D eigenvalue weighted by molar-refractivity contribution is 0.0323. The summed E-state index contributed by atoms with van der Waals surface area (Å²) in [5, 5.41) is 2.24. The van der Waals surface area contributed by atoms with Crippen LogP contribution in [0.15, 0.2) is 48.5 Å². The predicted octanol–water partition coefficient (Wildman–Crippen LogP) is 12.6. The van der Waals surface area contributed by atoms with E-state index in [2.05, 4.69) is 28.6 Å². The average Bonchev–Trinajstić information content (AvgIpc) is 3.20. The van der Waals surface area contributed by atoms with Crippen molar-refractivity contribution in [1.82, 2.24) is 14.8 Å². The monoisotopic (exact) mass is 798 g/mol. The zero-order chi connectivity index (χ0) is 38.9. The van der Waals surface area contributed by atoms with Crippen LogP contribution < -0.4 is 14.4 Å². The highest BCUT2D eigenvalue weighted by molar-refractivity contribution is 6.43. The molecule has 4 rings (SSSR count). The van der Waals surface area contributed by atoms with Crippen LogP contribution in [0.2, 0.25) is 10.0 Å². The fraction of sp³-hybridized carbons (Fsp3) is 0.644. The van der Waals surface area contributed by atoms with Gasteiger partial charge in [0, 0.05) is 56.8 Å². The van der Waals surface area contributed by atoms with Gasteiger partial charge in [-0.2, -0.15) is 0 Å². The van der Waals surface area contributed by atoms with E-state index < -0.39 is 0 Å². The summed E-state index contributed by atoms with van der Waals surface area (Å²) in [6, 6.07) is 15.6. The number of amides is 1. The van der Waals surface area contributed by atoms with Crippen LogP contribution in [-0.2, 0) is 4.74 Å². The summed E-state index contributed by atoms with van der Waals surface area (Å²) < 4.78 is 17.6. The van der Waals surface area contributed by atoms with Crippen molar-refractivity contribution in [3.05, 3.63) is 58.6 Å². The second-order valence-corrected chi connectivity index (χ2v) is 15.9. The molecular formula is C45H68Cl2N4O4. The number of unbranched alkanes of at least 4 members (excludes halogenated alkanes) is 15. The number of carbonyl (C=O) groups is 1. The standard InChI is InChI=1S/C45H68Cl2N4O4/c1-3-5-7-9-11-13-15-17-29-51(30-18-16-14-12-10-8-6-4-2)45(52)55-37-54-43-27-25-38-24-26-39(36-41(38)48-43)53-35-20-19-28-49-31-33-50(34-32-49)42-23-21-22-40(46)44(42)47/h21-27,36H,3-20,28-35,37H2,1-2H3. The fourth-order valence-electron chi connectivity index (χ4n) is 7.22. The van der Waals surface area contributed by atoms with E-state index >= 15 is 0 Å². The van der Waals surface area contributed by atoms with Gasteiger partial charge in [0.15, 0.2) is 0 Å². The maximum Gasteiger partial charge on any atom is 0.412 e. The third-order valence-electron chi connectivity index (χ3n) is 10.6. The van der Waals surface area contributed by atoms with Crippen molar-refractivity contribution in [2.24, 2.45) is 0 Å². The van der Waals surface area contributed by atoms with Gasteiger partial charge in [0.25, 0.3) is 0 Å². The van der Waals surface area contributed by atoms with Crippen molar-refractivity contribution in [3.63, 3.8) is 0 Å². The molecule has 0 spiro atoms. The first-order chi connectivity index (χ1) is 27.0. The van der Waals surface area contributed by atoms with Crippen molar-refractivity contribution >= 4 is 45.9 Å². The highest BCUT2D eigenvalue weighted by Crippen LogP contribution is 2.33. The summed E-state index contributed by atoms with van der Waals surface area (Å²) in [5.74, 6) is 1.21. The molecule has 0 aliphatic carbocycles. The van der Waals surface area contributed by atoms with Gasteiger partial charge in [-0.15, -0.1) is 0 Å². The molecule has 10 heteroatoms. The molecule has 0 atom stereocenters. The lowest BCUT2D eigenvalue weighted by Crippen LogP contribution is -2.46. The molecule has 0 unspecified atom stereocenters. The number of benzene rings is 2. The normalized spacial score (nSPS) is 13.3. The van der Waals surface area contributed by atoms with Gasteiger partial charge in [0.2, 0.25) is 12.7 Å². The van der Waals surface area contributed by atoms with Crippen molar-refractivity contribution in [2.75, 3.05) is 64.1 Å². The van der Waals surface area contributed by atoms with E-state index in [1.165, 1.54) is 77.0 Å². The summed E-state index contributed by atoms with van der Waals surface area (Å²) in [4.78, 5) is 24.5. The molecule has 0 radical (unpaired) electrons. The van der Waals surface area contributed by atoms with Crippen molar-refractivity contribution in [3.8, 4) is 11.6 Å². The van der Waals surface area contributed by atoms with E-state index in [1.54, 1.807) is 0 Å². The molecule has 306 valence electrons. The fourth-order valence-corrected chi connectivity index (χ4v) is 7.64. The second kappa shape index (κ2) is 26.8. The number of hydrogen-bond donors (Lipinski definition) is 0. The van der Waals surface area contributed by atoms with Gasteiger partial charge < -0.3 is 24.0 Å². The Morgan fingerprint density at radius 1 is 0.709 bits per heavy atom. The topological polar surface area (TPSA) is 67.4 Å². The van der Waals surface area contributed by atoms with E-state index in [1.807, 2.05) is 53.4 Å². The average molecular weight is 800 g/mol. The van der Waals surface area contributed by atoms with E-state index in [9.17, 15) is 4.79 Å². The number of piperazine rings is 1. The Balaban J connectivity index is 1.15. The van der Waals surface area contributed by atoms with Crippen molar-refractivity contribution in [2.45, 2.75) is 129 Å². The molecule has 0 N–H and O–H groups in total. The SMILES string of the molecule is CCCCCCCCCCN(CCCCCCCCCC)C(=O)OCOc1ccc2ccc(OCCCCN3CCN(c4cccc(Cl)c4Cl)CC3)cc2n1. The number of aromatic nitrogens is 1. The Labute approximate surface area is 342 Å². The minimum Gasteiger partial charge on any atom is -0.494 e. The van der Waals surface area contributed by atoms with Crippen molar-refractivity contribution in [1.29, 1.82) is 0 Å². The van der Waals surface area contributed by atoms with Gasteiger partial charge in [0.1, 0.15) is 5.75 Å². The smallest absolute Gasteiger partial charge is 0.412 e. The summed E-state index contributed by atoms with van der Waals surface area (Å²) in [6.07, 6.45) is 21.6. The number of carbonyl (C=O) groups excluding carboxylic acids is 1. The lowest BCUT2D eigenvalue weighted by atomic mass is 10.1. The van der Waals surface area contributed by atoms with Gasteiger partial charge in [-0.25, -0.2) is 9.78 Å². The number of rotatable bonds is 28. The Kier molecular flexibility index (Phi) is 21.8. The molecule has 2 aromatic carbocycles. The summed E-state index contributed by atoms with van der Waals surface area (Å²) in [6.45, 7) is 11.4. The van der Waals surface area contributed by atoms with Crippen LogP contribution in [0.25, 0.3) is 10.9 Å². The molecule has 1 aliphatic heterocycles. The first kappa shape index (κ1) is 44.8. The Bertz CT molecular complexity index is 1480. The van der Waals surface area contributed by atoms with E-state index in [0.717, 1.165) is 107 Å². The second-order valence-electron chi connectivity index (χ2n) is 15.1. The van der Waals surface area contributed by atoms with Crippen LogP contribution in [0.3, 0.4) is 0 Å². The number of pyridine rings is 1. The van der Waals surface area contributed by atoms with Crippen LogP contribution in [0.4, 0.5) is 10.5 Å². The van der Waals surface area contributed by atoms with Crippen LogP contribution in [-0.4, -0.2) is 80.1 Å². The van der Waals surface area contributed by atoms with Gasteiger partial charge >= 0.3 is 6.09 Å². The first-order valence-corrected chi connectivity index (χ1v) is 22.2. The predicted molar refractivity (Wildman–Crippen MR) is 230 cm³/mol. The van der Waals surface area contributed by atoms with Gasteiger partial charge in [-0.3, -0.25) is 4.90 Å². The largest absolute Gasteiger partial charge is 0.494 e. The van der Waals surface area contributed by atoms with Gasteiger partial charge in [0.05, 0.1) is 27.9 Å². The van der Waals surface area contributed by atoms with E-state index in [0.29, 0.717) is 22.5 Å². The number of ether oxygens (including phenoxy) is 3. The highest BCUT2D eigenvalue weighted by Gasteiger charge is 2.20. The zero-order valence-corrected chi connectivity index (χ0v) is 35.4. The molecule has 2 heterocycles. The number of fused-ring (bicyclic) bond motifs is 1. The molecular weight excluding hydrogens is 731 g/mol. The first-order valence-electron chi connectivity index (χ1n) is 21.5. The summed E-state index contributed by atoms with van der Waals surface area (Å²) >= 11 is 12.7. The molecule has 0 bridgehead atoms. The van der Waals surface area contributed by atoms with Crippen LogP contribution in [0.5, 0.6) is 11.6 Å². The Hall–Kier alpha value is -2.94. The molecule has 1 amide bonds. The number of hydrogen-bond acceptors (Lipinski definition) is 7. The number of nitrogens with zero attached hydrogens (tertiary/aromatic N) is 4. The number of anilines is 1. The minimum absolute atomic E-state index is 0.164. The third-order valence-corrected chi connectivity index (χ3v) is 11.4. The van der Waals surface area contributed by atoms with Crippen molar-refractivity contribution < 1.29 is 19.0 Å². The number of halogens is 2. The quantitative estimate of drug-likeness (QED) is 0.0535. The van der Waals surface area contributed by atoms with Gasteiger partial charge in [-0.1, -0.05) is 133 Å². The maximum absolute atomic E-state index is 13.2. The Morgan fingerprint density at radius 3 is 1.98 bits per heavy atom. The molecule has 3 aromatic rings. The minimum atomic E-state index is -0.299. The molecule has 0 saturated carbocycles. The van der Waals surface area contributed by atoms with E-state index in [-0.39, 0.29) is 12.9 Å². The lowest BCUT2D eigenvalue weighted by Gasteiger charge is -2.36. The molecule has 1 aliphatic rings. The summed E-state index contributed by atoms with van der Waals surface area (Å²) in [5.41, 5.74) is 1.80. The summed E-state index contributed by atoms with van der Waals surface area (Å²) in [7, 11) is 0. The maximum atomic E-state index is 13.2. The van der Waals surface area contributed by atoms with Gasteiger partial charge in [-0.05, 0) is 62.6 Å². The molecule has 55 heavy (non-hydrogen) atoms.